The molecule has 0 saturated carbocycles. The fourth-order valence-corrected chi connectivity index (χ4v) is 1.51. The van der Waals surface area contributed by atoms with Gasteiger partial charge in [-0.3, -0.25) is 10.1 Å². The lowest BCUT2D eigenvalue weighted by Crippen LogP contribution is -2.41. The van der Waals surface area contributed by atoms with E-state index in [1.807, 2.05) is 6.92 Å². The molecule has 0 aliphatic carbocycles. The Balaban J connectivity index is 2.61. The molecule has 0 heterocycles. The summed E-state index contributed by atoms with van der Waals surface area (Å²) in [6.45, 7) is 3.73. The Morgan fingerprint density at radius 2 is 1.81 bits per heavy atom. The van der Waals surface area contributed by atoms with Crippen molar-refractivity contribution in [2.75, 3.05) is 7.05 Å². The molecule has 88 valence electrons. The Labute approximate surface area is 95.0 Å². The smallest absolute Gasteiger partial charge is 0.236 e. The SMILES string of the molecule is CNC(=O)[C@@H](C)NC(C)c1ccc(F)cc1. The first-order valence-corrected chi connectivity index (χ1v) is 5.27. The van der Waals surface area contributed by atoms with Gasteiger partial charge in [0.25, 0.3) is 0 Å². The van der Waals surface area contributed by atoms with Crippen LogP contribution < -0.4 is 10.6 Å². The second-order valence-corrected chi connectivity index (χ2v) is 3.78. The molecule has 1 unspecified atom stereocenters. The third-order valence-corrected chi connectivity index (χ3v) is 2.51. The minimum atomic E-state index is -0.273. The highest BCUT2D eigenvalue weighted by Gasteiger charge is 2.14. The number of halogens is 1. The van der Waals surface area contributed by atoms with Crippen molar-refractivity contribution in [3.63, 3.8) is 0 Å². The Hall–Kier alpha value is -1.42. The number of rotatable bonds is 4. The van der Waals surface area contributed by atoms with E-state index in [0.29, 0.717) is 0 Å². The molecule has 0 aliphatic heterocycles. The van der Waals surface area contributed by atoms with Gasteiger partial charge in [-0.1, -0.05) is 12.1 Å². The predicted octanol–water partition coefficient (Wildman–Crippen LogP) is 1.61. The third-order valence-electron chi connectivity index (χ3n) is 2.51. The molecule has 0 radical (unpaired) electrons. The Morgan fingerprint density at radius 1 is 1.25 bits per heavy atom. The van der Waals surface area contributed by atoms with E-state index in [9.17, 15) is 9.18 Å². The van der Waals surface area contributed by atoms with Gasteiger partial charge < -0.3 is 5.32 Å². The molecular weight excluding hydrogens is 207 g/mol. The number of hydrogen-bond donors (Lipinski definition) is 2. The zero-order chi connectivity index (χ0) is 12.1. The van der Waals surface area contributed by atoms with E-state index >= 15 is 0 Å². The zero-order valence-corrected chi connectivity index (χ0v) is 9.75. The first-order valence-electron chi connectivity index (χ1n) is 5.27. The molecule has 1 aromatic carbocycles. The number of benzene rings is 1. The molecule has 4 heteroatoms. The average molecular weight is 224 g/mol. The topological polar surface area (TPSA) is 41.1 Å². The van der Waals surface area contributed by atoms with E-state index < -0.39 is 0 Å². The van der Waals surface area contributed by atoms with Crippen LogP contribution in [0.5, 0.6) is 0 Å². The average Bonchev–Trinajstić information content (AvgIpc) is 2.28. The summed E-state index contributed by atoms with van der Waals surface area (Å²) in [6.07, 6.45) is 0. The van der Waals surface area contributed by atoms with Crippen molar-refractivity contribution in [3.8, 4) is 0 Å². The summed E-state index contributed by atoms with van der Waals surface area (Å²) >= 11 is 0. The molecule has 0 aromatic heterocycles. The molecule has 0 saturated heterocycles. The van der Waals surface area contributed by atoms with Crippen LogP contribution in [-0.2, 0) is 4.79 Å². The van der Waals surface area contributed by atoms with Crippen molar-refractivity contribution in [2.24, 2.45) is 0 Å². The van der Waals surface area contributed by atoms with Crippen LogP contribution in [0.4, 0.5) is 4.39 Å². The standard InChI is InChI=1S/C12H17FN2O/c1-8(15-9(2)12(16)14-3)10-4-6-11(13)7-5-10/h4-9,15H,1-3H3,(H,14,16)/t8?,9-/m1/s1. The summed E-state index contributed by atoms with van der Waals surface area (Å²) in [5.41, 5.74) is 0.956. The lowest BCUT2D eigenvalue weighted by molar-refractivity contribution is -0.122. The fraction of sp³-hybridized carbons (Fsp3) is 0.417. The summed E-state index contributed by atoms with van der Waals surface area (Å²) in [6, 6.07) is 5.99. The summed E-state index contributed by atoms with van der Waals surface area (Å²) in [7, 11) is 1.60. The summed E-state index contributed by atoms with van der Waals surface area (Å²) < 4.78 is 12.7. The Bertz CT molecular complexity index is 351. The second kappa shape index (κ2) is 5.61. The van der Waals surface area contributed by atoms with Crippen LogP contribution in [0.25, 0.3) is 0 Å². The van der Waals surface area contributed by atoms with Crippen LogP contribution in [0.1, 0.15) is 25.5 Å². The second-order valence-electron chi connectivity index (χ2n) is 3.78. The Morgan fingerprint density at radius 3 is 2.31 bits per heavy atom. The molecule has 0 bridgehead atoms. The van der Waals surface area contributed by atoms with Crippen LogP contribution >= 0.6 is 0 Å². The van der Waals surface area contributed by atoms with Gasteiger partial charge in [-0.05, 0) is 31.5 Å². The van der Waals surface area contributed by atoms with Gasteiger partial charge in [0.15, 0.2) is 0 Å². The monoisotopic (exact) mass is 224 g/mol. The lowest BCUT2D eigenvalue weighted by Gasteiger charge is -2.19. The van der Waals surface area contributed by atoms with E-state index in [2.05, 4.69) is 10.6 Å². The number of carbonyl (C=O) groups excluding carboxylic acids is 1. The highest BCUT2D eigenvalue weighted by Crippen LogP contribution is 2.13. The number of likely N-dealkylation sites (N-methyl/N-ethyl adjacent to an activating group) is 1. The lowest BCUT2D eigenvalue weighted by atomic mass is 10.1. The van der Waals surface area contributed by atoms with Crippen LogP contribution in [0.3, 0.4) is 0 Å². The van der Waals surface area contributed by atoms with Crippen molar-refractivity contribution in [2.45, 2.75) is 25.9 Å². The third kappa shape index (κ3) is 3.31. The molecule has 2 N–H and O–H groups in total. The van der Waals surface area contributed by atoms with Crippen LogP contribution in [0, 0.1) is 5.82 Å². The largest absolute Gasteiger partial charge is 0.358 e. The van der Waals surface area contributed by atoms with Crippen LogP contribution in [0.15, 0.2) is 24.3 Å². The van der Waals surface area contributed by atoms with Crippen molar-refractivity contribution < 1.29 is 9.18 Å². The van der Waals surface area contributed by atoms with E-state index in [0.717, 1.165) is 5.56 Å². The minimum Gasteiger partial charge on any atom is -0.358 e. The first-order chi connectivity index (χ1) is 7.54. The molecule has 1 aromatic rings. The summed E-state index contributed by atoms with van der Waals surface area (Å²) in [5.74, 6) is -0.315. The highest BCUT2D eigenvalue weighted by molar-refractivity contribution is 5.80. The zero-order valence-electron chi connectivity index (χ0n) is 9.75. The van der Waals surface area contributed by atoms with E-state index in [4.69, 9.17) is 0 Å². The van der Waals surface area contributed by atoms with Gasteiger partial charge in [0.1, 0.15) is 5.82 Å². The normalized spacial score (nSPS) is 14.2. The van der Waals surface area contributed by atoms with Gasteiger partial charge in [0.2, 0.25) is 5.91 Å². The minimum absolute atomic E-state index is 0.00731. The molecule has 3 nitrogen and oxygen atoms in total. The maximum atomic E-state index is 12.7. The first kappa shape index (κ1) is 12.6. The van der Waals surface area contributed by atoms with E-state index in [-0.39, 0.29) is 23.8 Å². The predicted molar refractivity (Wildman–Crippen MR) is 61.5 cm³/mol. The van der Waals surface area contributed by atoms with Gasteiger partial charge in [-0.2, -0.15) is 0 Å². The quantitative estimate of drug-likeness (QED) is 0.815. The molecule has 2 atom stereocenters. The van der Waals surface area contributed by atoms with Gasteiger partial charge in [-0.25, -0.2) is 4.39 Å². The maximum absolute atomic E-state index is 12.7. The van der Waals surface area contributed by atoms with Gasteiger partial charge >= 0.3 is 0 Å². The summed E-state index contributed by atoms with van der Waals surface area (Å²) in [5, 5.41) is 5.70. The van der Waals surface area contributed by atoms with Crippen molar-refractivity contribution in [3.05, 3.63) is 35.6 Å². The number of amides is 1. The van der Waals surface area contributed by atoms with Crippen LogP contribution in [-0.4, -0.2) is 19.0 Å². The van der Waals surface area contributed by atoms with Crippen molar-refractivity contribution in [1.82, 2.24) is 10.6 Å². The van der Waals surface area contributed by atoms with E-state index in [1.165, 1.54) is 12.1 Å². The van der Waals surface area contributed by atoms with Gasteiger partial charge in [0.05, 0.1) is 6.04 Å². The number of hydrogen-bond acceptors (Lipinski definition) is 2. The molecule has 1 amide bonds. The van der Waals surface area contributed by atoms with Gasteiger partial charge in [-0.15, -0.1) is 0 Å². The molecular formula is C12H17FN2O. The number of nitrogens with one attached hydrogen (secondary N) is 2. The molecule has 1 rings (SSSR count). The van der Waals surface area contributed by atoms with Gasteiger partial charge in [0, 0.05) is 13.1 Å². The molecule has 0 fully saturated rings. The highest BCUT2D eigenvalue weighted by atomic mass is 19.1. The molecule has 0 spiro atoms. The number of carbonyl (C=O) groups is 1. The van der Waals surface area contributed by atoms with E-state index in [1.54, 1.807) is 26.1 Å². The maximum Gasteiger partial charge on any atom is 0.236 e. The Kier molecular flexibility index (Phi) is 4.43. The molecule has 0 aliphatic rings. The van der Waals surface area contributed by atoms with Crippen molar-refractivity contribution >= 4 is 5.91 Å². The van der Waals surface area contributed by atoms with Crippen molar-refractivity contribution in [1.29, 1.82) is 0 Å². The summed E-state index contributed by atoms with van der Waals surface area (Å²) in [4.78, 5) is 11.3. The van der Waals surface area contributed by atoms with Crippen LogP contribution in [0.2, 0.25) is 0 Å². The molecule has 16 heavy (non-hydrogen) atoms. The fourth-order valence-electron chi connectivity index (χ4n) is 1.51.